The van der Waals surface area contributed by atoms with Crippen molar-refractivity contribution in [3.8, 4) is 11.3 Å². The molecule has 4 rings (SSSR count). The second-order valence-electron chi connectivity index (χ2n) is 7.82. The number of pyridine rings is 1. The quantitative estimate of drug-likeness (QED) is 0.860. The number of halogens is 3. The molecule has 2 aromatic heterocycles. The molecule has 152 valence electrons. The van der Waals surface area contributed by atoms with Crippen LogP contribution in [0.15, 0.2) is 18.3 Å². The van der Waals surface area contributed by atoms with E-state index in [0.717, 1.165) is 44.5 Å². The summed E-state index contributed by atoms with van der Waals surface area (Å²) in [5.74, 6) is -0.220. The van der Waals surface area contributed by atoms with Crippen molar-refractivity contribution in [2.24, 2.45) is 0 Å². The Morgan fingerprint density at radius 3 is 2.61 bits per heavy atom. The first kappa shape index (κ1) is 19.2. The maximum Gasteiger partial charge on any atom is 0.419 e. The van der Waals surface area contributed by atoms with Crippen LogP contribution in [0.3, 0.4) is 0 Å². The molecule has 2 N–H and O–H groups in total. The lowest BCUT2D eigenvalue weighted by atomic mass is 10.0. The van der Waals surface area contributed by atoms with Gasteiger partial charge in [0.1, 0.15) is 5.82 Å². The summed E-state index contributed by atoms with van der Waals surface area (Å²) in [4.78, 5) is 6.17. The molecular weight excluding hydrogens is 371 g/mol. The molecule has 28 heavy (non-hydrogen) atoms. The van der Waals surface area contributed by atoms with Crippen molar-refractivity contribution in [2.75, 3.05) is 32.0 Å². The maximum absolute atomic E-state index is 13.2. The van der Waals surface area contributed by atoms with Crippen LogP contribution in [0.5, 0.6) is 0 Å². The Kier molecular flexibility index (Phi) is 4.83. The van der Waals surface area contributed by atoms with E-state index in [4.69, 9.17) is 10.5 Å². The minimum atomic E-state index is -4.55. The average molecular weight is 395 g/mol. The number of nitrogens with two attached hydrogens (primary N) is 1. The Labute approximate surface area is 161 Å². The molecule has 0 aliphatic carbocycles. The van der Waals surface area contributed by atoms with Gasteiger partial charge in [0.25, 0.3) is 0 Å². The molecule has 0 bridgehead atoms. The van der Waals surface area contributed by atoms with Crippen LogP contribution in [0.4, 0.5) is 19.0 Å². The molecule has 0 saturated carbocycles. The zero-order valence-electron chi connectivity index (χ0n) is 15.9. The number of aromatic nitrogens is 3. The van der Waals surface area contributed by atoms with Crippen molar-refractivity contribution in [3.63, 3.8) is 0 Å². The van der Waals surface area contributed by atoms with E-state index in [-0.39, 0.29) is 6.04 Å². The van der Waals surface area contributed by atoms with Crippen molar-refractivity contribution >= 4 is 5.82 Å². The zero-order valence-corrected chi connectivity index (χ0v) is 15.9. The standard InChI is InChI=1S/C19H24F3N5O/c1-11(2)27-17(12-3-4-26(8-12)14-9-28-10-14)6-16(25-27)13-5-15(19(20,21)22)18(23)24-7-13/h5-7,11-12,14H,3-4,8-10H2,1-2H3,(H2,23,24). The highest BCUT2D eigenvalue weighted by molar-refractivity contribution is 5.62. The predicted octanol–water partition coefficient (Wildman–Crippen LogP) is 3.32. The Hall–Kier alpha value is -2.13. The number of nitrogen functional groups attached to an aromatic ring is 1. The maximum atomic E-state index is 13.2. The van der Waals surface area contributed by atoms with Crippen LogP contribution in [-0.2, 0) is 10.9 Å². The fourth-order valence-electron chi connectivity index (χ4n) is 3.91. The summed E-state index contributed by atoms with van der Waals surface area (Å²) in [6, 6.07) is 3.52. The molecule has 0 amide bonds. The number of nitrogens with zero attached hydrogens (tertiary/aromatic N) is 4. The molecule has 2 aliphatic heterocycles. The Balaban J connectivity index is 1.66. The van der Waals surface area contributed by atoms with E-state index < -0.39 is 17.6 Å². The van der Waals surface area contributed by atoms with Crippen LogP contribution in [0.25, 0.3) is 11.3 Å². The topological polar surface area (TPSA) is 69.2 Å². The van der Waals surface area contributed by atoms with Gasteiger partial charge in [0, 0.05) is 36.0 Å². The van der Waals surface area contributed by atoms with Crippen molar-refractivity contribution in [1.29, 1.82) is 0 Å². The van der Waals surface area contributed by atoms with Gasteiger partial charge in [0.2, 0.25) is 0 Å². The lowest BCUT2D eigenvalue weighted by Gasteiger charge is -2.34. The third kappa shape index (κ3) is 3.48. The van der Waals surface area contributed by atoms with Crippen molar-refractivity contribution in [2.45, 2.75) is 44.4 Å². The largest absolute Gasteiger partial charge is 0.419 e. The van der Waals surface area contributed by atoms with Crippen molar-refractivity contribution in [1.82, 2.24) is 19.7 Å². The summed E-state index contributed by atoms with van der Waals surface area (Å²) in [6.07, 6.45) is -2.19. The van der Waals surface area contributed by atoms with Gasteiger partial charge in [0.15, 0.2) is 0 Å². The minimum Gasteiger partial charge on any atom is -0.383 e. The first-order chi connectivity index (χ1) is 13.2. The normalized spacial score (nSPS) is 21.4. The molecule has 6 nitrogen and oxygen atoms in total. The van der Waals surface area contributed by atoms with Gasteiger partial charge < -0.3 is 10.5 Å². The van der Waals surface area contributed by atoms with Crippen LogP contribution in [-0.4, -0.2) is 52.0 Å². The van der Waals surface area contributed by atoms with Crippen LogP contribution < -0.4 is 5.73 Å². The lowest BCUT2D eigenvalue weighted by molar-refractivity contribution is -0.137. The number of ether oxygens (including phenoxy) is 1. The number of likely N-dealkylation sites (tertiary alicyclic amines) is 1. The third-order valence-electron chi connectivity index (χ3n) is 5.55. The second-order valence-corrected chi connectivity index (χ2v) is 7.82. The second kappa shape index (κ2) is 7.04. The van der Waals surface area contributed by atoms with Crippen LogP contribution in [0, 0.1) is 0 Å². The highest BCUT2D eigenvalue weighted by atomic mass is 19.4. The fraction of sp³-hybridized carbons (Fsp3) is 0.579. The van der Waals surface area contributed by atoms with Gasteiger partial charge in [-0.25, -0.2) is 4.98 Å². The van der Waals surface area contributed by atoms with E-state index in [1.807, 2.05) is 24.6 Å². The Bertz CT molecular complexity index is 860. The average Bonchev–Trinajstić information content (AvgIpc) is 3.19. The third-order valence-corrected chi connectivity index (χ3v) is 5.55. The molecular formula is C19H24F3N5O. The molecule has 1 unspecified atom stereocenters. The molecule has 4 heterocycles. The van der Waals surface area contributed by atoms with E-state index in [1.165, 1.54) is 6.20 Å². The van der Waals surface area contributed by atoms with Crippen LogP contribution in [0.1, 0.15) is 43.5 Å². The van der Waals surface area contributed by atoms with Crippen molar-refractivity contribution in [3.05, 3.63) is 29.6 Å². The van der Waals surface area contributed by atoms with E-state index in [9.17, 15) is 13.2 Å². The first-order valence-electron chi connectivity index (χ1n) is 9.48. The summed E-state index contributed by atoms with van der Waals surface area (Å²) >= 11 is 0. The summed E-state index contributed by atoms with van der Waals surface area (Å²) in [5, 5.41) is 4.61. The predicted molar refractivity (Wildman–Crippen MR) is 98.8 cm³/mol. The van der Waals surface area contributed by atoms with Gasteiger partial charge in [-0.2, -0.15) is 18.3 Å². The van der Waals surface area contributed by atoms with Crippen LogP contribution in [0.2, 0.25) is 0 Å². The van der Waals surface area contributed by atoms with Gasteiger partial charge in [-0.15, -0.1) is 0 Å². The summed E-state index contributed by atoms with van der Waals surface area (Å²) in [7, 11) is 0. The van der Waals surface area contributed by atoms with E-state index >= 15 is 0 Å². The Morgan fingerprint density at radius 1 is 1.25 bits per heavy atom. The molecule has 9 heteroatoms. The highest BCUT2D eigenvalue weighted by Gasteiger charge is 2.36. The smallest absolute Gasteiger partial charge is 0.383 e. The summed E-state index contributed by atoms with van der Waals surface area (Å²) in [5.41, 5.74) is 6.37. The number of alkyl halides is 3. The van der Waals surface area contributed by atoms with E-state index in [1.54, 1.807) is 0 Å². The summed E-state index contributed by atoms with van der Waals surface area (Å²) in [6.45, 7) is 7.51. The number of hydrogen-bond donors (Lipinski definition) is 1. The summed E-state index contributed by atoms with van der Waals surface area (Å²) < 4.78 is 46.8. The number of hydrogen-bond acceptors (Lipinski definition) is 5. The van der Waals surface area contributed by atoms with Gasteiger partial charge >= 0.3 is 6.18 Å². The van der Waals surface area contributed by atoms with Gasteiger partial charge in [0.05, 0.1) is 30.5 Å². The van der Waals surface area contributed by atoms with Gasteiger partial charge in [-0.1, -0.05) is 0 Å². The zero-order chi connectivity index (χ0) is 20.1. The molecule has 1 atom stereocenters. The molecule has 2 aromatic rings. The lowest BCUT2D eigenvalue weighted by Crippen LogP contribution is -2.47. The SMILES string of the molecule is CC(C)n1nc(-c2cnc(N)c(C(F)(F)F)c2)cc1C1CCN(C2COC2)C1. The van der Waals surface area contributed by atoms with Gasteiger partial charge in [-0.05, 0) is 38.9 Å². The molecule has 2 fully saturated rings. The molecule has 0 spiro atoms. The van der Waals surface area contributed by atoms with Gasteiger partial charge in [-0.3, -0.25) is 9.58 Å². The molecule has 0 aromatic carbocycles. The number of anilines is 1. The highest BCUT2D eigenvalue weighted by Crippen LogP contribution is 2.37. The van der Waals surface area contributed by atoms with Crippen molar-refractivity contribution < 1.29 is 17.9 Å². The fourth-order valence-corrected chi connectivity index (χ4v) is 3.91. The van der Waals surface area contributed by atoms with E-state index in [2.05, 4.69) is 15.0 Å². The first-order valence-corrected chi connectivity index (χ1v) is 9.48. The number of rotatable bonds is 4. The molecule has 0 radical (unpaired) electrons. The molecule has 2 saturated heterocycles. The monoisotopic (exact) mass is 395 g/mol. The van der Waals surface area contributed by atoms with E-state index in [0.29, 0.717) is 23.2 Å². The molecule has 2 aliphatic rings. The Morgan fingerprint density at radius 2 is 2.00 bits per heavy atom. The van der Waals surface area contributed by atoms with Crippen LogP contribution >= 0.6 is 0 Å². The minimum absolute atomic E-state index is 0.105.